The van der Waals surface area contributed by atoms with E-state index >= 15 is 0 Å². The highest BCUT2D eigenvalue weighted by atomic mass is 16.4. The number of rotatable bonds is 5. The van der Waals surface area contributed by atoms with Gasteiger partial charge in [0.15, 0.2) is 0 Å². The average molecular weight is 288 g/mol. The first kappa shape index (κ1) is 15.5. The van der Waals surface area contributed by atoms with Gasteiger partial charge in [-0.3, -0.25) is 4.79 Å². The Balaban J connectivity index is 1.91. The van der Waals surface area contributed by atoms with E-state index in [1.165, 1.54) is 5.56 Å². The van der Waals surface area contributed by atoms with E-state index in [4.69, 9.17) is 0 Å². The van der Waals surface area contributed by atoms with Crippen molar-refractivity contribution >= 4 is 11.9 Å². The van der Waals surface area contributed by atoms with Crippen LogP contribution in [0.25, 0.3) is 0 Å². The fourth-order valence-corrected chi connectivity index (χ4v) is 2.94. The molecule has 0 unspecified atom stereocenters. The van der Waals surface area contributed by atoms with Gasteiger partial charge in [0.1, 0.15) is 0 Å². The molecule has 0 heterocycles. The van der Waals surface area contributed by atoms with E-state index in [1.807, 2.05) is 24.3 Å². The summed E-state index contributed by atoms with van der Waals surface area (Å²) >= 11 is 0. The monoisotopic (exact) mass is 288 g/mol. The van der Waals surface area contributed by atoms with Gasteiger partial charge < -0.3 is 15.2 Å². The van der Waals surface area contributed by atoms with Gasteiger partial charge in [0, 0.05) is 24.3 Å². The van der Waals surface area contributed by atoms with Crippen molar-refractivity contribution in [1.82, 2.24) is 5.32 Å². The van der Waals surface area contributed by atoms with Crippen LogP contribution in [0.15, 0.2) is 24.3 Å². The molecule has 114 valence electrons. The molecule has 2 atom stereocenters. The number of hydrogen-bond acceptors (Lipinski definition) is 3. The number of carboxylic acid groups (broad SMARTS) is 1. The topological polar surface area (TPSA) is 69.2 Å². The van der Waals surface area contributed by atoms with Crippen LogP contribution in [0.1, 0.15) is 43.7 Å². The molecular weight excluding hydrogens is 266 g/mol. The van der Waals surface area contributed by atoms with Gasteiger partial charge in [-0.2, -0.15) is 0 Å². The van der Waals surface area contributed by atoms with Crippen LogP contribution in [0.5, 0.6) is 0 Å². The fraction of sp³-hybridized carbons (Fsp3) is 0.529. The summed E-state index contributed by atoms with van der Waals surface area (Å²) in [6.07, 6.45) is 3.95. The standard InChI is InChI=1S/C17H23NO3/c1-2-12-7-9-13(10-8-12)11-18-16(19)14-5-3-4-6-15(14)17(20)21/h7-10,14-15H,2-6,11H2,1H3,(H,18,19)(H,20,21)/p-1/t14-,15+/m1/s1. The summed E-state index contributed by atoms with van der Waals surface area (Å²) in [4.78, 5) is 23.3. The third-order valence-electron chi connectivity index (χ3n) is 4.30. The average Bonchev–Trinajstić information content (AvgIpc) is 2.53. The smallest absolute Gasteiger partial charge is 0.224 e. The second-order valence-corrected chi connectivity index (χ2v) is 5.70. The minimum atomic E-state index is -1.10. The zero-order chi connectivity index (χ0) is 15.2. The maximum absolute atomic E-state index is 12.2. The molecule has 21 heavy (non-hydrogen) atoms. The number of carboxylic acids is 1. The molecule has 2 rings (SSSR count). The molecule has 4 nitrogen and oxygen atoms in total. The van der Waals surface area contributed by atoms with Crippen molar-refractivity contribution in [2.45, 2.75) is 45.6 Å². The van der Waals surface area contributed by atoms with Crippen molar-refractivity contribution in [2.75, 3.05) is 0 Å². The zero-order valence-corrected chi connectivity index (χ0v) is 12.4. The van der Waals surface area contributed by atoms with Gasteiger partial charge in [-0.25, -0.2) is 0 Å². The van der Waals surface area contributed by atoms with Gasteiger partial charge in [0.2, 0.25) is 5.91 Å². The highest BCUT2D eigenvalue weighted by molar-refractivity contribution is 5.84. The van der Waals surface area contributed by atoms with E-state index in [2.05, 4.69) is 12.2 Å². The Morgan fingerprint density at radius 1 is 1.10 bits per heavy atom. The van der Waals surface area contributed by atoms with Crippen LogP contribution in [0.3, 0.4) is 0 Å². The van der Waals surface area contributed by atoms with Crippen LogP contribution in [-0.4, -0.2) is 11.9 Å². The number of nitrogens with one attached hydrogen (secondary N) is 1. The molecule has 4 heteroatoms. The van der Waals surface area contributed by atoms with E-state index in [0.29, 0.717) is 19.4 Å². The first-order valence-corrected chi connectivity index (χ1v) is 7.68. The first-order chi connectivity index (χ1) is 10.1. The van der Waals surface area contributed by atoms with E-state index in [0.717, 1.165) is 24.8 Å². The summed E-state index contributed by atoms with van der Waals surface area (Å²) in [7, 11) is 0. The summed E-state index contributed by atoms with van der Waals surface area (Å²) in [6.45, 7) is 2.54. The molecule has 0 radical (unpaired) electrons. The lowest BCUT2D eigenvalue weighted by Gasteiger charge is -2.31. The molecule has 0 saturated heterocycles. The Bertz CT molecular complexity index is 495. The molecule has 1 aliphatic rings. The Morgan fingerprint density at radius 2 is 1.67 bits per heavy atom. The van der Waals surface area contributed by atoms with E-state index in [9.17, 15) is 14.7 Å². The summed E-state index contributed by atoms with van der Waals surface area (Å²) < 4.78 is 0. The maximum Gasteiger partial charge on any atom is 0.224 e. The number of benzene rings is 1. The molecule has 1 aromatic rings. The molecule has 1 fully saturated rings. The van der Waals surface area contributed by atoms with Crippen LogP contribution in [0.2, 0.25) is 0 Å². The molecule has 0 aliphatic heterocycles. The Labute approximate surface area is 125 Å². The van der Waals surface area contributed by atoms with Gasteiger partial charge >= 0.3 is 0 Å². The van der Waals surface area contributed by atoms with Crippen molar-refractivity contribution < 1.29 is 14.7 Å². The highest BCUT2D eigenvalue weighted by Gasteiger charge is 2.31. The van der Waals surface area contributed by atoms with Crippen molar-refractivity contribution in [3.05, 3.63) is 35.4 Å². The van der Waals surface area contributed by atoms with Crippen molar-refractivity contribution in [3.63, 3.8) is 0 Å². The highest BCUT2D eigenvalue weighted by Crippen LogP contribution is 2.29. The SMILES string of the molecule is CCc1ccc(CNC(=O)[C@@H]2CCCC[C@@H]2C(=O)[O-])cc1. The number of carbonyl (C=O) groups excluding carboxylic acids is 2. The predicted molar refractivity (Wildman–Crippen MR) is 78.1 cm³/mol. The number of amides is 1. The Hall–Kier alpha value is -1.84. The Kier molecular flexibility index (Phi) is 5.37. The van der Waals surface area contributed by atoms with Gasteiger partial charge in [-0.1, -0.05) is 44.0 Å². The minimum absolute atomic E-state index is 0.163. The van der Waals surface area contributed by atoms with Crippen LogP contribution in [-0.2, 0) is 22.6 Å². The fourth-order valence-electron chi connectivity index (χ4n) is 2.94. The van der Waals surface area contributed by atoms with Gasteiger partial charge in [0.25, 0.3) is 0 Å². The number of carbonyl (C=O) groups is 2. The number of aliphatic carboxylic acids is 1. The van der Waals surface area contributed by atoms with Crippen molar-refractivity contribution in [3.8, 4) is 0 Å². The first-order valence-electron chi connectivity index (χ1n) is 7.68. The molecule has 1 amide bonds. The van der Waals surface area contributed by atoms with Crippen LogP contribution in [0, 0.1) is 11.8 Å². The molecule has 1 aromatic carbocycles. The third kappa shape index (κ3) is 4.06. The second kappa shape index (κ2) is 7.25. The number of hydrogen-bond donors (Lipinski definition) is 1. The third-order valence-corrected chi connectivity index (χ3v) is 4.30. The summed E-state index contributed by atoms with van der Waals surface area (Å²) in [6, 6.07) is 8.09. The molecule has 1 saturated carbocycles. The van der Waals surface area contributed by atoms with E-state index < -0.39 is 17.8 Å². The largest absolute Gasteiger partial charge is 0.550 e. The van der Waals surface area contributed by atoms with Crippen molar-refractivity contribution in [1.29, 1.82) is 0 Å². The van der Waals surface area contributed by atoms with Crippen LogP contribution < -0.4 is 10.4 Å². The molecule has 0 bridgehead atoms. The summed E-state index contributed by atoms with van der Waals surface area (Å²) in [5, 5.41) is 14.0. The minimum Gasteiger partial charge on any atom is -0.550 e. The van der Waals surface area contributed by atoms with Crippen LogP contribution >= 0.6 is 0 Å². The molecule has 0 aromatic heterocycles. The molecule has 1 N–H and O–H groups in total. The quantitative estimate of drug-likeness (QED) is 0.891. The molecule has 0 spiro atoms. The lowest BCUT2D eigenvalue weighted by Crippen LogP contribution is -2.44. The lowest BCUT2D eigenvalue weighted by atomic mass is 9.78. The van der Waals surface area contributed by atoms with Gasteiger partial charge in [-0.15, -0.1) is 0 Å². The number of aryl methyl sites for hydroxylation is 1. The van der Waals surface area contributed by atoms with Gasteiger partial charge in [-0.05, 0) is 30.4 Å². The summed E-state index contributed by atoms with van der Waals surface area (Å²) in [5.41, 5.74) is 2.29. The predicted octanol–water partition coefficient (Wildman–Crippen LogP) is 1.42. The molecular formula is C17H22NO3-. The second-order valence-electron chi connectivity index (χ2n) is 5.70. The molecule has 1 aliphatic carbocycles. The lowest BCUT2D eigenvalue weighted by molar-refractivity contribution is -0.314. The summed E-state index contributed by atoms with van der Waals surface area (Å²) in [5.74, 6) is -2.34. The Morgan fingerprint density at radius 3 is 2.24 bits per heavy atom. The normalized spacial score (nSPS) is 21.8. The van der Waals surface area contributed by atoms with Crippen molar-refractivity contribution in [2.24, 2.45) is 11.8 Å². The maximum atomic E-state index is 12.2. The van der Waals surface area contributed by atoms with E-state index in [-0.39, 0.29) is 5.91 Å². The van der Waals surface area contributed by atoms with Gasteiger partial charge in [0.05, 0.1) is 0 Å². The van der Waals surface area contributed by atoms with E-state index in [1.54, 1.807) is 0 Å². The van der Waals surface area contributed by atoms with Crippen LogP contribution in [0.4, 0.5) is 0 Å². The zero-order valence-electron chi connectivity index (χ0n) is 12.4.